The van der Waals surface area contributed by atoms with Crippen LogP contribution < -0.4 is 10.6 Å². The molecule has 0 unspecified atom stereocenters. The van der Waals surface area contributed by atoms with Crippen molar-refractivity contribution in [1.82, 2.24) is 19.5 Å². The summed E-state index contributed by atoms with van der Waals surface area (Å²) in [6.07, 6.45) is 7.22. The maximum atomic E-state index is 5.68. The topological polar surface area (TPSA) is 72.9 Å². The fourth-order valence-corrected chi connectivity index (χ4v) is 2.12. The zero-order valence-corrected chi connectivity index (χ0v) is 9.45. The number of fused-ring (bicyclic) bond motifs is 1. The monoisotopic (exact) mass is 230 g/mol. The molecule has 17 heavy (non-hydrogen) atoms. The number of aromatic nitrogens is 4. The number of rotatable bonds is 2. The summed E-state index contributed by atoms with van der Waals surface area (Å²) in [4.78, 5) is 15.1. The average Bonchev–Trinajstić information content (AvgIpc) is 2.85. The van der Waals surface area contributed by atoms with E-state index in [0.29, 0.717) is 6.54 Å². The van der Waals surface area contributed by atoms with Crippen LogP contribution in [0.5, 0.6) is 0 Å². The first-order chi connectivity index (χ1) is 8.38. The van der Waals surface area contributed by atoms with Crippen molar-refractivity contribution in [2.75, 3.05) is 11.4 Å². The van der Waals surface area contributed by atoms with Crippen molar-refractivity contribution in [2.24, 2.45) is 5.73 Å². The van der Waals surface area contributed by atoms with E-state index in [-0.39, 0.29) is 0 Å². The Bertz CT molecular complexity index is 520. The van der Waals surface area contributed by atoms with Crippen LogP contribution in [0.2, 0.25) is 0 Å². The molecule has 2 N–H and O–H groups in total. The van der Waals surface area contributed by atoms with Gasteiger partial charge in [-0.2, -0.15) is 0 Å². The van der Waals surface area contributed by atoms with E-state index in [2.05, 4.69) is 24.4 Å². The molecule has 0 atom stereocenters. The van der Waals surface area contributed by atoms with E-state index in [4.69, 9.17) is 5.73 Å². The minimum absolute atomic E-state index is 0.411. The van der Waals surface area contributed by atoms with E-state index in [1.54, 1.807) is 12.4 Å². The van der Waals surface area contributed by atoms with Crippen LogP contribution in [-0.4, -0.2) is 26.1 Å². The van der Waals surface area contributed by atoms with Gasteiger partial charge in [0, 0.05) is 44.4 Å². The second-order valence-corrected chi connectivity index (χ2v) is 3.99. The Balaban J connectivity index is 1.91. The summed E-state index contributed by atoms with van der Waals surface area (Å²) in [7, 11) is 0. The first kappa shape index (κ1) is 10.2. The Morgan fingerprint density at radius 2 is 2.00 bits per heavy atom. The molecule has 0 saturated carbocycles. The minimum atomic E-state index is 0.411. The van der Waals surface area contributed by atoms with Gasteiger partial charge in [0.15, 0.2) is 5.82 Å². The third-order valence-corrected chi connectivity index (χ3v) is 2.99. The lowest BCUT2D eigenvalue weighted by atomic mass is 10.3. The Morgan fingerprint density at radius 3 is 2.88 bits per heavy atom. The van der Waals surface area contributed by atoms with E-state index < -0.39 is 0 Å². The Labute approximate surface area is 99.1 Å². The Kier molecular flexibility index (Phi) is 2.49. The highest BCUT2D eigenvalue weighted by Crippen LogP contribution is 2.20. The first-order valence-electron chi connectivity index (χ1n) is 5.63. The first-order valence-corrected chi connectivity index (χ1v) is 5.63. The number of nitrogens with two attached hydrogens (primary N) is 1. The molecule has 0 radical (unpaired) electrons. The van der Waals surface area contributed by atoms with Crippen LogP contribution in [0.3, 0.4) is 0 Å². The van der Waals surface area contributed by atoms with Gasteiger partial charge < -0.3 is 15.2 Å². The molecule has 0 aliphatic carbocycles. The molecule has 0 amide bonds. The van der Waals surface area contributed by atoms with Crippen molar-refractivity contribution < 1.29 is 0 Å². The zero-order chi connectivity index (χ0) is 11.7. The number of hydrogen-bond donors (Lipinski definition) is 1. The van der Waals surface area contributed by atoms with Crippen molar-refractivity contribution in [1.29, 1.82) is 0 Å². The molecule has 6 nitrogen and oxygen atoms in total. The van der Waals surface area contributed by atoms with Gasteiger partial charge >= 0.3 is 0 Å². The maximum Gasteiger partial charge on any atom is 0.152 e. The fraction of sp³-hybridized carbons (Fsp3) is 0.364. The molecule has 88 valence electrons. The summed E-state index contributed by atoms with van der Waals surface area (Å²) in [5, 5.41) is 0. The van der Waals surface area contributed by atoms with Gasteiger partial charge in [0.05, 0.1) is 12.2 Å². The van der Waals surface area contributed by atoms with Crippen LogP contribution in [0.4, 0.5) is 5.82 Å². The molecular weight excluding hydrogens is 216 g/mol. The van der Waals surface area contributed by atoms with E-state index in [0.717, 1.165) is 37.0 Å². The van der Waals surface area contributed by atoms with Crippen LogP contribution in [0.15, 0.2) is 24.8 Å². The highest BCUT2D eigenvalue weighted by atomic mass is 15.3. The molecule has 6 heteroatoms. The molecular formula is C11H14N6. The van der Waals surface area contributed by atoms with E-state index in [9.17, 15) is 0 Å². The third-order valence-electron chi connectivity index (χ3n) is 2.99. The molecule has 1 aliphatic heterocycles. The standard InChI is InChI=1S/C11H14N6/c12-7-9-11(15-2-1-13-9)17-6-5-16-4-3-14-10(16)8-17/h1-4H,5-8,12H2. The highest BCUT2D eigenvalue weighted by molar-refractivity contribution is 5.43. The summed E-state index contributed by atoms with van der Waals surface area (Å²) in [5.74, 6) is 1.94. The molecule has 3 rings (SSSR count). The summed E-state index contributed by atoms with van der Waals surface area (Å²) in [6.45, 7) is 3.01. The van der Waals surface area contributed by atoms with Crippen molar-refractivity contribution in [2.45, 2.75) is 19.6 Å². The molecule has 0 aromatic carbocycles. The summed E-state index contributed by atoms with van der Waals surface area (Å²) in [5.41, 5.74) is 6.52. The van der Waals surface area contributed by atoms with Crippen molar-refractivity contribution >= 4 is 5.82 Å². The second kappa shape index (κ2) is 4.14. The molecule has 0 bridgehead atoms. The summed E-state index contributed by atoms with van der Waals surface area (Å²) in [6, 6.07) is 0. The highest BCUT2D eigenvalue weighted by Gasteiger charge is 2.19. The lowest BCUT2D eigenvalue weighted by molar-refractivity contribution is 0.553. The fourth-order valence-electron chi connectivity index (χ4n) is 2.12. The van der Waals surface area contributed by atoms with E-state index in [1.807, 2.05) is 12.4 Å². The van der Waals surface area contributed by atoms with Gasteiger partial charge in [-0.1, -0.05) is 0 Å². The molecule has 2 aromatic rings. The van der Waals surface area contributed by atoms with Crippen LogP contribution in [0.1, 0.15) is 11.5 Å². The third kappa shape index (κ3) is 1.76. The van der Waals surface area contributed by atoms with Gasteiger partial charge in [-0.3, -0.25) is 4.98 Å². The molecule has 0 spiro atoms. The maximum absolute atomic E-state index is 5.68. The van der Waals surface area contributed by atoms with Gasteiger partial charge in [-0.15, -0.1) is 0 Å². The average molecular weight is 230 g/mol. The number of imidazole rings is 1. The predicted octanol–water partition coefficient (Wildman–Crippen LogP) is 0.152. The van der Waals surface area contributed by atoms with Gasteiger partial charge in [-0.05, 0) is 0 Å². The van der Waals surface area contributed by atoms with Crippen molar-refractivity contribution in [3.63, 3.8) is 0 Å². The molecule has 3 heterocycles. The lowest BCUT2D eigenvalue weighted by Crippen LogP contribution is -2.35. The Morgan fingerprint density at radius 1 is 1.12 bits per heavy atom. The SMILES string of the molecule is NCc1nccnc1N1CCn2ccnc2C1. The largest absolute Gasteiger partial charge is 0.346 e. The molecule has 1 aliphatic rings. The van der Waals surface area contributed by atoms with E-state index in [1.165, 1.54) is 0 Å². The van der Waals surface area contributed by atoms with Gasteiger partial charge in [-0.25, -0.2) is 9.97 Å². The Hall–Kier alpha value is -1.95. The van der Waals surface area contributed by atoms with Crippen LogP contribution in [0.25, 0.3) is 0 Å². The van der Waals surface area contributed by atoms with Crippen LogP contribution in [0, 0.1) is 0 Å². The normalized spacial score (nSPS) is 14.8. The second-order valence-electron chi connectivity index (χ2n) is 3.99. The summed E-state index contributed by atoms with van der Waals surface area (Å²) < 4.78 is 2.16. The van der Waals surface area contributed by atoms with Gasteiger partial charge in [0.1, 0.15) is 5.82 Å². The number of hydrogen-bond acceptors (Lipinski definition) is 5. The number of anilines is 1. The predicted molar refractivity (Wildman–Crippen MR) is 63.2 cm³/mol. The lowest BCUT2D eigenvalue weighted by Gasteiger charge is -2.29. The zero-order valence-electron chi connectivity index (χ0n) is 9.45. The van der Waals surface area contributed by atoms with Gasteiger partial charge in [0.25, 0.3) is 0 Å². The molecule has 0 fully saturated rings. The van der Waals surface area contributed by atoms with Gasteiger partial charge in [0.2, 0.25) is 0 Å². The minimum Gasteiger partial charge on any atom is -0.346 e. The summed E-state index contributed by atoms with van der Waals surface area (Å²) >= 11 is 0. The molecule has 2 aromatic heterocycles. The number of nitrogens with zero attached hydrogens (tertiary/aromatic N) is 5. The smallest absolute Gasteiger partial charge is 0.152 e. The van der Waals surface area contributed by atoms with Crippen LogP contribution >= 0.6 is 0 Å². The van der Waals surface area contributed by atoms with Crippen molar-refractivity contribution in [3.8, 4) is 0 Å². The van der Waals surface area contributed by atoms with E-state index >= 15 is 0 Å². The molecule has 0 saturated heterocycles. The van der Waals surface area contributed by atoms with Crippen LogP contribution in [-0.2, 0) is 19.6 Å². The van der Waals surface area contributed by atoms with Crippen molar-refractivity contribution in [3.05, 3.63) is 36.3 Å². The quantitative estimate of drug-likeness (QED) is 0.795.